The molecule has 1 heterocycles. The van der Waals surface area contributed by atoms with E-state index in [4.69, 9.17) is 0 Å². The van der Waals surface area contributed by atoms with Gasteiger partial charge in [0.15, 0.2) is 0 Å². The second kappa shape index (κ2) is 4.36. The van der Waals surface area contributed by atoms with Crippen molar-refractivity contribution in [3.05, 3.63) is 27.1 Å². The van der Waals surface area contributed by atoms with E-state index in [0.29, 0.717) is 5.92 Å². The maximum atomic E-state index is 10.5. The van der Waals surface area contributed by atoms with Gasteiger partial charge in [-0.2, -0.15) is 0 Å². The third kappa shape index (κ3) is 2.17. The van der Waals surface area contributed by atoms with Gasteiger partial charge in [0, 0.05) is 0 Å². The average Bonchev–Trinajstić information content (AvgIpc) is 2.66. The maximum Gasteiger partial charge on any atom is 0.123 e. The number of halogens is 1. The lowest BCUT2D eigenvalue weighted by molar-refractivity contribution is 0.0688. The van der Waals surface area contributed by atoms with Gasteiger partial charge in [-0.15, -0.1) is 11.3 Å². The van der Waals surface area contributed by atoms with E-state index in [9.17, 15) is 5.11 Å². The molecule has 0 radical (unpaired) electrons. The molecule has 2 atom stereocenters. The van der Waals surface area contributed by atoms with Crippen LogP contribution < -0.4 is 0 Å². The van der Waals surface area contributed by atoms with Crippen LogP contribution in [-0.4, -0.2) is 10.1 Å². The van der Waals surface area contributed by atoms with Crippen molar-refractivity contribution in [1.82, 2.24) is 4.98 Å². The minimum absolute atomic E-state index is 0.622. The van der Waals surface area contributed by atoms with Gasteiger partial charge in [0.1, 0.15) is 10.2 Å². The molecular formula is C11H14BrNOS. The summed E-state index contributed by atoms with van der Waals surface area (Å²) in [5.74, 6) is 0.622. The molecular weight excluding hydrogens is 274 g/mol. The number of thiazole rings is 1. The summed E-state index contributed by atoms with van der Waals surface area (Å²) in [6.45, 7) is 2.18. The lowest BCUT2D eigenvalue weighted by Crippen LogP contribution is -2.26. The Balaban J connectivity index is 2.26. The smallest absolute Gasteiger partial charge is 0.123 e. The number of allylic oxidation sites excluding steroid dienone is 1. The lowest BCUT2D eigenvalue weighted by Gasteiger charge is -2.29. The molecule has 1 N–H and O–H groups in total. The highest BCUT2D eigenvalue weighted by Gasteiger charge is 2.33. The molecule has 4 heteroatoms. The Bertz CT molecular complexity index is 376. The molecule has 2 nitrogen and oxygen atoms in total. The summed E-state index contributed by atoms with van der Waals surface area (Å²) >= 11 is 4.88. The monoisotopic (exact) mass is 287 g/mol. The van der Waals surface area contributed by atoms with Crippen molar-refractivity contribution in [1.29, 1.82) is 0 Å². The van der Waals surface area contributed by atoms with Crippen molar-refractivity contribution >= 4 is 27.3 Å². The highest BCUT2D eigenvalue weighted by molar-refractivity contribution is 9.10. The highest BCUT2D eigenvalue weighted by atomic mass is 79.9. The first kappa shape index (κ1) is 11.3. The molecule has 15 heavy (non-hydrogen) atoms. The lowest BCUT2D eigenvalue weighted by atomic mass is 9.83. The minimum atomic E-state index is -0.800. The quantitative estimate of drug-likeness (QED) is 0.845. The molecule has 0 saturated heterocycles. The van der Waals surface area contributed by atoms with Crippen molar-refractivity contribution in [2.75, 3.05) is 0 Å². The number of hydrogen-bond donors (Lipinski definition) is 1. The molecule has 82 valence electrons. The summed E-state index contributed by atoms with van der Waals surface area (Å²) in [4.78, 5) is 5.04. The van der Waals surface area contributed by atoms with E-state index < -0.39 is 5.60 Å². The Hall–Kier alpha value is -0.190. The zero-order chi connectivity index (χ0) is 10.9. The molecule has 1 aromatic heterocycles. The van der Waals surface area contributed by atoms with E-state index in [2.05, 4.69) is 33.9 Å². The topological polar surface area (TPSA) is 33.1 Å². The van der Waals surface area contributed by atoms with Gasteiger partial charge in [-0.25, -0.2) is 4.98 Å². The van der Waals surface area contributed by atoms with Crippen LogP contribution in [0.3, 0.4) is 0 Å². The van der Waals surface area contributed by atoms with Crippen LogP contribution in [0.25, 0.3) is 0 Å². The molecule has 0 amide bonds. The van der Waals surface area contributed by atoms with Crippen LogP contribution in [0, 0.1) is 5.92 Å². The van der Waals surface area contributed by atoms with E-state index in [0.717, 1.165) is 28.7 Å². The normalized spacial score (nSPS) is 30.7. The molecule has 0 aromatic carbocycles. The Morgan fingerprint density at radius 3 is 3.00 bits per heavy atom. The zero-order valence-corrected chi connectivity index (χ0v) is 11.0. The Kier molecular flexibility index (Phi) is 3.28. The van der Waals surface area contributed by atoms with Gasteiger partial charge < -0.3 is 5.11 Å². The first-order valence-corrected chi connectivity index (χ1v) is 6.84. The number of aliphatic hydroxyl groups is 1. The van der Waals surface area contributed by atoms with Gasteiger partial charge in [-0.3, -0.25) is 0 Å². The molecule has 0 saturated carbocycles. The summed E-state index contributed by atoms with van der Waals surface area (Å²) < 4.78 is 0.773. The van der Waals surface area contributed by atoms with Gasteiger partial charge >= 0.3 is 0 Å². The van der Waals surface area contributed by atoms with Crippen LogP contribution in [0.1, 0.15) is 31.1 Å². The van der Waals surface area contributed by atoms with E-state index in [1.165, 1.54) is 11.3 Å². The molecule has 0 spiro atoms. The number of aromatic nitrogens is 1. The Morgan fingerprint density at radius 1 is 1.73 bits per heavy atom. The number of nitrogens with zero attached hydrogens (tertiary/aromatic N) is 1. The van der Waals surface area contributed by atoms with E-state index in [1.54, 1.807) is 5.51 Å². The van der Waals surface area contributed by atoms with Gasteiger partial charge in [-0.1, -0.05) is 19.1 Å². The van der Waals surface area contributed by atoms with Crippen molar-refractivity contribution < 1.29 is 5.11 Å². The number of rotatable bonds is 2. The predicted molar refractivity (Wildman–Crippen MR) is 65.9 cm³/mol. The zero-order valence-electron chi connectivity index (χ0n) is 8.61. The SMILES string of the molecule is CCC1C=CC(O)(c2scnc2Br)CC1. The van der Waals surface area contributed by atoms with Crippen LogP contribution >= 0.6 is 27.3 Å². The third-order valence-corrected chi connectivity index (χ3v) is 4.84. The standard InChI is InChI=1S/C11H14BrNOS/c1-2-8-3-5-11(14,6-4-8)9-10(12)13-7-15-9/h3,5,7-8,14H,2,4,6H2,1H3. The second-order valence-electron chi connectivity index (χ2n) is 3.96. The molecule has 0 bridgehead atoms. The fourth-order valence-electron chi connectivity index (χ4n) is 1.92. The van der Waals surface area contributed by atoms with E-state index in [-0.39, 0.29) is 0 Å². The van der Waals surface area contributed by atoms with Crippen LogP contribution in [0.2, 0.25) is 0 Å². The first-order valence-electron chi connectivity index (χ1n) is 5.17. The largest absolute Gasteiger partial charge is 0.380 e. The maximum absolute atomic E-state index is 10.5. The van der Waals surface area contributed by atoms with Gasteiger partial charge in [0.2, 0.25) is 0 Å². The van der Waals surface area contributed by atoms with Gasteiger partial charge in [-0.05, 0) is 41.1 Å². The van der Waals surface area contributed by atoms with E-state index >= 15 is 0 Å². The van der Waals surface area contributed by atoms with Crippen molar-refractivity contribution in [2.45, 2.75) is 31.8 Å². The number of hydrogen-bond acceptors (Lipinski definition) is 3. The van der Waals surface area contributed by atoms with Crippen LogP contribution in [0.4, 0.5) is 0 Å². The van der Waals surface area contributed by atoms with Crippen molar-refractivity contribution in [3.8, 4) is 0 Å². The van der Waals surface area contributed by atoms with Crippen LogP contribution in [0.5, 0.6) is 0 Å². The van der Waals surface area contributed by atoms with Crippen LogP contribution in [0.15, 0.2) is 22.3 Å². The fraction of sp³-hybridized carbons (Fsp3) is 0.545. The third-order valence-electron chi connectivity index (χ3n) is 2.98. The fourth-order valence-corrected chi connectivity index (χ4v) is 3.57. The molecule has 1 aromatic rings. The van der Waals surface area contributed by atoms with Gasteiger partial charge in [0.05, 0.1) is 10.4 Å². The second-order valence-corrected chi connectivity index (χ2v) is 5.57. The van der Waals surface area contributed by atoms with Crippen molar-refractivity contribution in [2.24, 2.45) is 5.92 Å². The summed E-state index contributed by atoms with van der Waals surface area (Å²) in [7, 11) is 0. The summed E-state index contributed by atoms with van der Waals surface area (Å²) in [6.07, 6.45) is 7.06. The minimum Gasteiger partial charge on any atom is -0.380 e. The average molecular weight is 288 g/mol. The summed E-state index contributed by atoms with van der Waals surface area (Å²) in [5.41, 5.74) is 0.961. The molecule has 1 aliphatic carbocycles. The van der Waals surface area contributed by atoms with Gasteiger partial charge in [0.25, 0.3) is 0 Å². The molecule has 1 aliphatic rings. The summed E-state index contributed by atoms with van der Waals surface area (Å²) in [6, 6.07) is 0. The van der Waals surface area contributed by atoms with Crippen molar-refractivity contribution in [3.63, 3.8) is 0 Å². The first-order chi connectivity index (χ1) is 7.15. The van der Waals surface area contributed by atoms with E-state index in [1.807, 2.05) is 6.08 Å². The molecule has 0 fully saturated rings. The Morgan fingerprint density at radius 2 is 2.53 bits per heavy atom. The predicted octanol–water partition coefficient (Wildman–Crippen LogP) is 3.47. The molecule has 2 unspecified atom stereocenters. The van der Waals surface area contributed by atoms with Crippen LogP contribution in [-0.2, 0) is 5.60 Å². The Labute approximate surface area is 102 Å². The molecule has 2 rings (SSSR count). The molecule has 0 aliphatic heterocycles. The highest BCUT2D eigenvalue weighted by Crippen LogP contribution is 2.40. The summed E-state index contributed by atoms with van der Waals surface area (Å²) in [5, 5.41) is 10.5.